The van der Waals surface area contributed by atoms with Crippen LogP contribution in [-0.4, -0.2) is 51.2 Å². The molecule has 1 fully saturated rings. The lowest BCUT2D eigenvalue weighted by atomic mass is 10.1. The van der Waals surface area contributed by atoms with Crippen LogP contribution in [0.4, 0.5) is 5.82 Å². The fourth-order valence-electron chi connectivity index (χ4n) is 4.14. The number of fused-ring (bicyclic) bond motifs is 1. The zero-order valence-electron chi connectivity index (χ0n) is 18.1. The minimum absolute atomic E-state index is 0.114. The summed E-state index contributed by atoms with van der Waals surface area (Å²) in [4.78, 5) is 20.0. The molecule has 8 heteroatoms. The van der Waals surface area contributed by atoms with E-state index < -0.39 is 0 Å². The molecular weight excluding hydrogens is 408 g/mol. The maximum atomic E-state index is 5.47. The number of thiophene rings is 1. The first-order valence-corrected chi connectivity index (χ1v) is 11.6. The monoisotopic (exact) mass is 434 g/mol. The van der Waals surface area contributed by atoms with Crippen LogP contribution in [0.25, 0.3) is 21.3 Å². The second-order valence-corrected chi connectivity index (χ2v) is 8.75. The van der Waals surface area contributed by atoms with Gasteiger partial charge in [-0.1, -0.05) is 42.4 Å². The van der Waals surface area contributed by atoms with E-state index in [0.29, 0.717) is 5.89 Å². The molecule has 0 aliphatic carbocycles. The first-order chi connectivity index (χ1) is 15.1. The lowest BCUT2D eigenvalue weighted by Crippen LogP contribution is -2.47. The molecule has 0 radical (unpaired) electrons. The van der Waals surface area contributed by atoms with Crippen LogP contribution in [0.1, 0.15) is 37.4 Å². The van der Waals surface area contributed by atoms with Gasteiger partial charge in [-0.3, -0.25) is 4.90 Å². The van der Waals surface area contributed by atoms with Gasteiger partial charge in [0.2, 0.25) is 5.89 Å². The number of benzene rings is 1. The molecule has 1 aromatic carbocycles. The largest absolute Gasteiger partial charge is 0.353 e. The highest BCUT2D eigenvalue weighted by Crippen LogP contribution is 2.38. The van der Waals surface area contributed by atoms with Crippen molar-refractivity contribution >= 4 is 27.4 Å². The molecule has 1 saturated heterocycles. The second-order valence-electron chi connectivity index (χ2n) is 7.89. The quantitative estimate of drug-likeness (QED) is 0.458. The van der Waals surface area contributed by atoms with Crippen LogP contribution >= 0.6 is 11.3 Å². The predicted molar refractivity (Wildman–Crippen MR) is 123 cm³/mol. The molecule has 1 aliphatic heterocycles. The first kappa shape index (κ1) is 20.1. The van der Waals surface area contributed by atoms with E-state index in [0.717, 1.165) is 60.3 Å². The van der Waals surface area contributed by atoms with E-state index in [1.54, 1.807) is 11.3 Å². The van der Waals surface area contributed by atoms with Crippen LogP contribution in [0.2, 0.25) is 0 Å². The van der Waals surface area contributed by atoms with E-state index in [1.807, 2.05) is 19.9 Å². The number of nitrogens with zero attached hydrogens (tertiary/aromatic N) is 6. The van der Waals surface area contributed by atoms with E-state index in [-0.39, 0.29) is 6.04 Å². The van der Waals surface area contributed by atoms with Crippen molar-refractivity contribution in [2.45, 2.75) is 33.2 Å². The smallest absolute Gasteiger partial charge is 0.243 e. The van der Waals surface area contributed by atoms with Crippen LogP contribution in [0.3, 0.4) is 0 Å². The molecule has 0 N–H and O–H groups in total. The molecule has 4 heterocycles. The zero-order valence-corrected chi connectivity index (χ0v) is 18.9. The Balaban J connectivity index is 1.41. The van der Waals surface area contributed by atoms with E-state index >= 15 is 0 Å². The molecule has 1 unspecified atom stereocenters. The van der Waals surface area contributed by atoms with Gasteiger partial charge < -0.3 is 9.42 Å². The van der Waals surface area contributed by atoms with Crippen molar-refractivity contribution in [1.29, 1.82) is 0 Å². The molecular formula is C23H26N6OS. The summed E-state index contributed by atoms with van der Waals surface area (Å²) in [5.74, 6) is 3.33. The van der Waals surface area contributed by atoms with Gasteiger partial charge in [-0.25, -0.2) is 9.97 Å². The van der Waals surface area contributed by atoms with E-state index in [4.69, 9.17) is 14.5 Å². The Labute approximate surface area is 185 Å². The number of anilines is 1. The average Bonchev–Trinajstić information content (AvgIpc) is 3.46. The third kappa shape index (κ3) is 3.81. The standard InChI is InChI=1S/C23H26N6OS/c1-4-19-26-22(30-27-19)15(2)28-10-12-29(13-11-28)21-20-18(17-8-6-5-7-9-17)14-31-23(20)25-16(3)24-21/h5-9,14-15H,4,10-13H2,1-3H3. The van der Waals surface area contributed by atoms with Crippen molar-refractivity contribution in [2.24, 2.45) is 0 Å². The lowest BCUT2D eigenvalue weighted by molar-refractivity contribution is 0.164. The molecule has 4 aromatic rings. The van der Waals surface area contributed by atoms with Crippen molar-refractivity contribution in [3.05, 3.63) is 53.3 Å². The number of hydrogen-bond donors (Lipinski definition) is 0. The van der Waals surface area contributed by atoms with Gasteiger partial charge in [0, 0.05) is 43.5 Å². The zero-order chi connectivity index (χ0) is 21.4. The SMILES string of the molecule is CCc1noc(C(C)N2CCN(c3nc(C)nc4scc(-c5ccccc5)c34)CC2)n1. The fourth-order valence-corrected chi connectivity index (χ4v) is 5.13. The lowest BCUT2D eigenvalue weighted by Gasteiger charge is -2.37. The molecule has 1 aliphatic rings. The molecule has 0 saturated carbocycles. The maximum absolute atomic E-state index is 5.47. The van der Waals surface area contributed by atoms with Crippen LogP contribution in [0, 0.1) is 6.92 Å². The van der Waals surface area contributed by atoms with Crippen LogP contribution in [0.5, 0.6) is 0 Å². The van der Waals surface area contributed by atoms with Gasteiger partial charge in [-0.05, 0) is 19.4 Å². The molecule has 0 spiro atoms. The second kappa shape index (κ2) is 8.36. The van der Waals surface area contributed by atoms with Crippen molar-refractivity contribution in [2.75, 3.05) is 31.1 Å². The number of aromatic nitrogens is 4. The highest BCUT2D eigenvalue weighted by atomic mass is 32.1. The Morgan fingerprint density at radius 3 is 2.55 bits per heavy atom. The normalized spacial score (nSPS) is 16.2. The molecule has 3 aromatic heterocycles. The van der Waals surface area contributed by atoms with Crippen molar-refractivity contribution in [1.82, 2.24) is 25.0 Å². The third-order valence-electron chi connectivity index (χ3n) is 5.93. The Morgan fingerprint density at radius 2 is 1.84 bits per heavy atom. The summed E-state index contributed by atoms with van der Waals surface area (Å²) >= 11 is 1.69. The Bertz CT molecular complexity index is 1180. The number of rotatable bonds is 5. The maximum Gasteiger partial charge on any atom is 0.243 e. The molecule has 1 atom stereocenters. The summed E-state index contributed by atoms with van der Waals surface area (Å²) in [5.41, 5.74) is 2.42. The highest BCUT2D eigenvalue weighted by molar-refractivity contribution is 7.17. The number of aryl methyl sites for hydroxylation is 2. The van der Waals surface area contributed by atoms with Crippen LogP contribution in [0.15, 0.2) is 40.2 Å². The van der Waals surface area contributed by atoms with Gasteiger partial charge >= 0.3 is 0 Å². The highest BCUT2D eigenvalue weighted by Gasteiger charge is 2.28. The molecule has 7 nitrogen and oxygen atoms in total. The molecule has 160 valence electrons. The summed E-state index contributed by atoms with van der Waals surface area (Å²) < 4.78 is 5.47. The minimum atomic E-state index is 0.114. The van der Waals surface area contributed by atoms with E-state index in [2.05, 4.69) is 56.5 Å². The van der Waals surface area contributed by atoms with Gasteiger partial charge in [-0.15, -0.1) is 11.3 Å². The van der Waals surface area contributed by atoms with Gasteiger partial charge in [0.25, 0.3) is 0 Å². The van der Waals surface area contributed by atoms with Crippen molar-refractivity contribution in [3.8, 4) is 11.1 Å². The minimum Gasteiger partial charge on any atom is -0.353 e. The van der Waals surface area contributed by atoms with Crippen LogP contribution in [-0.2, 0) is 6.42 Å². The molecule has 31 heavy (non-hydrogen) atoms. The Morgan fingerprint density at radius 1 is 1.06 bits per heavy atom. The van der Waals surface area contributed by atoms with E-state index in [1.165, 1.54) is 11.1 Å². The van der Waals surface area contributed by atoms with Crippen LogP contribution < -0.4 is 4.90 Å². The van der Waals surface area contributed by atoms with E-state index in [9.17, 15) is 0 Å². The Kier molecular flexibility index (Phi) is 5.41. The fraction of sp³-hybridized carbons (Fsp3) is 0.391. The third-order valence-corrected chi connectivity index (χ3v) is 6.80. The molecule has 5 rings (SSSR count). The topological polar surface area (TPSA) is 71.2 Å². The van der Waals surface area contributed by atoms with Crippen molar-refractivity contribution < 1.29 is 4.52 Å². The number of hydrogen-bond acceptors (Lipinski definition) is 8. The molecule has 0 amide bonds. The number of piperazine rings is 1. The Hall–Kier alpha value is -2.84. The molecule has 0 bridgehead atoms. The summed E-state index contributed by atoms with van der Waals surface area (Å²) in [5, 5.41) is 7.42. The summed E-state index contributed by atoms with van der Waals surface area (Å²) in [6, 6.07) is 10.6. The predicted octanol–water partition coefficient (Wildman–Crippen LogP) is 4.50. The van der Waals surface area contributed by atoms with Gasteiger partial charge in [0.15, 0.2) is 5.82 Å². The summed E-state index contributed by atoms with van der Waals surface area (Å²) in [6.07, 6.45) is 0.789. The summed E-state index contributed by atoms with van der Waals surface area (Å²) in [7, 11) is 0. The summed E-state index contributed by atoms with van der Waals surface area (Å²) in [6.45, 7) is 9.78. The van der Waals surface area contributed by atoms with Gasteiger partial charge in [-0.2, -0.15) is 4.98 Å². The van der Waals surface area contributed by atoms with Gasteiger partial charge in [0.05, 0.1) is 11.4 Å². The average molecular weight is 435 g/mol. The van der Waals surface area contributed by atoms with Crippen molar-refractivity contribution in [3.63, 3.8) is 0 Å². The first-order valence-electron chi connectivity index (χ1n) is 10.8. The van der Waals surface area contributed by atoms with Gasteiger partial charge in [0.1, 0.15) is 16.5 Å².